The average molecular weight is 208 g/mol. The Bertz CT molecular complexity index is 329. The van der Waals surface area contributed by atoms with E-state index in [0.29, 0.717) is 5.56 Å². The van der Waals surface area contributed by atoms with Crippen LogP contribution in [0.4, 0.5) is 4.39 Å². The topological polar surface area (TPSA) is 17.1 Å². The van der Waals surface area contributed by atoms with Crippen LogP contribution in [-0.4, -0.2) is 5.78 Å². The SMILES string of the molecule is CC.O=C(Cc1ccccc1F)C1CC1. The molecule has 1 aliphatic carbocycles. The molecule has 0 aromatic heterocycles. The quantitative estimate of drug-likeness (QED) is 0.744. The van der Waals surface area contributed by atoms with Gasteiger partial charge in [0.15, 0.2) is 0 Å². The summed E-state index contributed by atoms with van der Waals surface area (Å²) in [5.41, 5.74) is 0.527. The lowest BCUT2D eigenvalue weighted by Gasteiger charge is -2.00. The molecule has 0 bridgehead atoms. The highest BCUT2D eigenvalue weighted by Gasteiger charge is 2.29. The number of hydrogen-bond acceptors (Lipinski definition) is 1. The molecule has 0 heterocycles. The number of halogens is 1. The predicted octanol–water partition coefficient (Wildman–Crippen LogP) is 3.37. The van der Waals surface area contributed by atoms with E-state index in [0.717, 1.165) is 12.8 Å². The molecule has 1 fully saturated rings. The lowest BCUT2D eigenvalue weighted by molar-refractivity contribution is -0.119. The van der Waals surface area contributed by atoms with Gasteiger partial charge in [-0.15, -0.1) is 0 Å². The Morgan fingerprint density at radius 2 is 1.93 bits per heavy atom. The van der Waals surface area contributed by atoms with Gasteiger partial charge in [-0.1, -0.05) is 32.0 Å². The molecule has 1 aromatic rings. The molecule has 15 heavy (non-hydrogen) atoms. The first-order chi connectivity index (χ1) is 7.27. The predicted molar refractivity (Wildman–Crippen MR) is 59.2 cm³/mol. The molecule has 2 rings (SSSR count). The Morgan fingerprint density at radius 1 is 1.33 bits per heavy atom. The summed E-state index contributed by atoms with van der Waals surface area (Å²) in [6.45, 7) is 4.00. The summed E-state index contributed by atoms with van der Waals surface area (Å²) in [5, 5.41) is 0. The second-order valence-electron chi connectivity index (χ2n) is 3.51. The first-order valence-electron chi connectivity index (χ1n) is 5.53. The standard InChI is InChI=1S/C11H11FO.C2H6/c12-10-4-2-1-3-9(10)7-11(13)8-5-6-8;1-2/h1-4,8H,5-7H2;1-2H3. The summed E-state index contributed by atoms with van der Waals surface area (Å²) in [6.07, 6.45) is 2.25. The highest BCUT2D eigenvalue weighted by atomic mass is 19.1. The minimum Gasteiger partial charge on any atom is -0.299 e. The molecule has 0 spiro atoms. The van der Waals surface area contributed by atoms with E-state index in [9.17, 15) is 9.18 Å². The molecule has 2 heteroatoms. The number of carbonyl (C=O) groups is 1. The lowest BCUT2D eigenvalue weighted by Crippen LogP contribution is -2.05. The maximum atomic E-state index is 13.1. The number of hydrogen-bond donors (Lipinski definition) is 0. The molecule has 0 amide bonds. The molecule has 1 nitrogen and oxygen atoms in total. The molecule has 82 valence electrons. The van der Waals surface area contributed by atoms with Gasteiger partial charge in [0.2, 0.25) is 0 Å². The van der Waals surface area contributed by atoms with Crippen molar-refractivity contribution in [3.8, 4) is 0 Å². The van der Waals surface area contributed by atoms with Crippen molar-refractivity contribution < 1.29 is 9.18 Å². The lowest BCUT2D eigenvalue weighted by atomic mass is 10.1. The third-order valence-electron chi connectivity index (χ3n) is 2.36. The molecule has 0 radical (unpaired) electrons. The molecular formula is C13H17FO. The zero-order valence-corrected chi connectivity index (χ0v) is 9.29. The summed E-state index contributed by atoms with van der Waals surface area (Å²) >= 11 is 0. The van der Waals surface area contributed by atoms with Crippen LogP contribution in [0.25, 0.3) is 0 Å². The highest BCUT2D eigenvalue weighted by molar-refractivity contribution is 5.85. The molecule has 0 atom stereocenters. The van der Waals surface area contributed by atoms with Crippen LogP contribution in [-0.2, 0) is 11.2 Å². The van der Waals surface area contributed by atoms with E-state index in [2.05, 4.69) is 0 Å². The summed E-state index contributed by atoms with van der Waals surface area (Å²) in [4.78, 5) is 11.4. The summed E-state index contributed by atoms with van der Waals surface area (Å²) in [5.74, 6) is 0.140. The fourth-order valence-corrected chi connectivity index (χ4v) is 1.38. The first kappa shape index (κ1) is 11.9. The van der Waals surface area contributed by atoms with Crippen molar-refractivity contribution in [3.05, 3.63) is 35.6 Å². The van der Waals surface area contributed by atoms with Crippen LogP contribution in [0.15, 0.2) is 24.3 Å². The average Bonchev–Trinajstić information content (AvgIpc) is 3.08. The smallest absolute Gasteiger partial charge is 0.140 e. The van der Waals surface area contributed by atoms with Crippen LogP contribution in [0.3, 0.4) is 0 Å². The normalized spacial score (nSPS) is 14.1. The van der Waals surface area contributed by atoms with E-state index in [-0.39, 0.29) is 23.9 Å². The molecule has 0 unspecified atom stereocenters. The van der Waals surface area contributed by atoms with Crippen molar-refractivity contribution in [2.75, 3.05) is 0 Å². The van der Waals surface area contributed by atoms with E-state index < -0.39 is 0 Å². The van der Waals surface area contributed by atoms with Gasteiger partial charge in [0.1, 0.15) is 11.6 Å². The number of benzene rings is 1. The molecular weight excluding hydrogens is 191 g/mol. The van der Waals surface area contributed by atoms with Crippen molar-refractivity contribution in [1.29, 1.82) is 0 Å². The van der Waals surface area contributed by atoms with Gasteiger partial charge in [-0.3, -0.25) is 4.79 Å². The van der Waals surface area contributed by atoms with Gasteiger partial charge in [-0.2, -0.15) is 0 Å². The minimum atomic E-state index is -0.267. The van der Waals surface area contributed by atoms with Crippen LogP contribution < -0.4 is 0 Å². The third-order valence-corrected chi connectivity index (χ3v) is 2.36. The zero-order chi connectivity index (χ0) is 11.3. The van der Waals surface area contributed by atoms with Gasteiger partial charge >= 0.3 is 0 Å². The number of Topliss-reactive ketones (excluding diaryl/α,β-unsaturated/α-hetero) is 1. The molecule has 0 saturated heterocycles. The van der Waals surface area contributed by atoms with E-state index in [1.54, 1.807) is 18.2 Å². The van der Waals surface area contributed by atoms with E-state index in [4.69, 9.17) is 0 Å². The Kier molecular flexibility index (Phi) is 4.47. The van der Waals surface area contributed by atoms with Crippen molar-refractivity contribution in [2.45, 2.75) is 33.1 Å². The Hall–Kier alpha value is -1.18. The van der Waals surface area contributed by atoms with Crippen LogP contribution in [0.2, 0.25) is 0 Å². The Labute approximate surface area is 90.3 Å². The highest BCUT2D eigenvalue weighted by Crippen LogP contribution is 2.31. The molecule has 0 N–H and O–H groups in total. The van der Waals surface area contributed by atoms with Gasteiger partial charge < -0.3 is 0 Å². The number of carbonyl (C=O) groups excluding carboxylic acids is 1. The second-order valence-corrected chi connectivity index (χ2v) is 3.51. The second kappa shape index (κ2) is 5.64. The van der Waals surface area contributed by atoms with Gasteiger partial charge in [-0.05, 0) is 24.5 Å². The summed E-state index contributed by atoms with van der Waals surface area (Å²) in [6, 6.07) is 6.48. The van der Waals surface area contributed by atoms with Crippen LogP contribution >= 0.6 is 0 Å². The monoisotopic (exact) mass is 208 g/mol. The molecule has 1 aromatic carbocycles. The van der Waals surface area contributed by atoms with E-state index in [1.165, 1.54) is 6.07 Å². The molecule has 0 aliphatic heterocycles. The van der Waals surface area contributed by atoms with Gasteiger partial charge in [-0.25, -0.2) is 4.39 Å². The van der Waals surface area contributed by atoms with Crippen molar-refractivity contribution in [3.63, 3.8) is 0 Å². The van der Waals surface area contributed by atoms with Gasteiger partial charge in [0.05, 0.1) is 0 Å². The maximum absolute atomic E-state index is 13.1. The van der Waals surface area contributed by atoms with Gasteiger partial charge in [0, 0.05) is 12.3 Å². The third kappa shape index (κ3) is 3.46. The minimum absolute atomic E-state index is 0.185. The van der Waals surface area contributed by atoms with Crippen LogP contribution in [0, 0.1) is 11.7 Å². The van der Waals surface area contributed by atoms with Crippen LogP contribution in [0.5, 0.6) is 0 Å². The summed E-state index contributed by atoms with van der Waals surface area (Å²) in [7, 11) is 0. The number of ketones is 1. The molecule has 1 aliphatic rings. The van der Waals surface area contributed by atoms with Crippen LogP contribution in [0.1, 0.15) is 32.3 Å². The van der Waals surface area contributed by atoms with Crippen molar-refractivity contribution in [1.82, 2.24) is 0 Å². The van der Waals surface area contributed by atoms with Crippen molar-refractivity contribution in [2.24, 2.45) is 5.92 Å². The van der Waals surface area contributed by atoms with Gasteiger partial charge in [0.25, 0.3) is 0 Å². The fraction of sp³-hybridized carbons (Fsp3) is 0.462. The Balaban J connectivity index is 0.000000531. The fourth-order valence-electron chi connectivity index (χ4n) is 1.38. The zero-order valence-electron chi connectivity index (χ0n) is 9.29. The molecule has 1 saturated carbocycles. The Morgan fingerprint density at radius 3 is 2.47 bits per heavy atom. The largest absolute Gasteiger partial charge is 0.299 e. The van der Waals surface area contributed by atoms with Crippen molar-refractivity contribution >= 4 is 5.78 Å². The van der Waals surface area contributed by atoms with E-state index in [1.807, 2.05) is 13.8 Å². The maximum Gasteiger partial charge on any atom is 0.140 e. The summed E-state index contributed by atoms with van der Waals surface area (Å²) < 4.78 is 13.1. The first-order valence-corrected chi connectivity index (χ1v) is 5.53. The van der Waals surface area contributed by atoms with E-state index >= 15 is 0 Å². The number of rotatable bonds is 3.